The molecule has 134 valence electrons. The Labute approximate surface area is 145 Å². The molecule has 1 aromatic carbocycles. The van der Waals surface area contributed by atoms with Gasteiger partial charge in [0.25, 0.3) is 0 Å². The zero-order valence-electron chi connectivity index (χ0n) is 15.8. The van der Waals surface area contributed by atoms with E-state index in [1.165, 1.54) is 0 Å². The van der Waals surface area contributed by atoms with E-state index in [0.29, 0.717) is 26.4 Å². The fraction of sp³-hybridized carbons (Fsp3) is 0.700. The van der Waals surface area contributed by atoms with Crippen LogP contribution in [-0.2, 0) is 30.5 Å². The van der Waals surface area contributed by atoms with Crippen LogP contribution in [0.4, 0.5) is 0 Å². The lowest BCUT2D eigenvalue weighted by Gasteiger charge is -2.43. The standard InChI is InChI=1S/C20H30O4/c1-17(2)11-21-19(5,22-12-17)15-7-9-16(10-8-15)20(6)23-13-18(3,4)14-24-20/h7-10H,11-14H2,1-6H3. The van der Waals surface area contributed by atoms with Crippen LogP contribution >= 0.6 is 0 Å². The molecule has 0 aromatic heterocycles. The Bertz CT molecular complexity index is 515. The van der Waals surface area contributed by atoms with Crippen LogP contribution in [-0.4, -0.2) is 26.4 Å². The number of benzene rings is 1. The highest BCUT2D eigenvalue weighted by atomic mass is 16.7. The average Bonchev–Trinajstić information content (AvgIpc) is 2.54. The molecule has 0 aliphatic carbocycles. The van der Waals surface area contributed by atoms with E-state index in [4.69, 9.17) is 18.9 Å². The molecule has 4 heteroatoms. The molecule has 1 aromatic rings. The van der Waals surface area contributed by atoms with Crippen molar-refractivity contribution in [2.75, 3.05) is 26.4 Å². The minimum atomic E-state index is -0.689. The van der Waals surface area contributed by atoms with Crippen LogP contribution in [0, 0.1) is 10.8 Å². The van der Waals surface area contributed by atoms with Gasteiger partial charge in [0.1, 0.15) is 0 Å². The summed E-state index contributed by atoms with van der Waals surface area (Å²) < 4.78 is 24.1. The monoisotopic (exact) mass is 334 g/mol. The number of hydrogen-bond acceptors (Lipinski definition) is 4. The third-order valence-electron chi connectivity index (χ3n) is 4.89. The summed E-state index contributed by atoms with van der Waals surface area (Å²) in [5, 5.41) is 0. The van der Waals surface area contributed by atoms with Crippen molar-refractivity contribution in [3.05, 3.63) is 35.4 Å². The Balaban J connectivity index is 1.74. The summed E-state index contributed by atoms with van der Waals surface area (Å²) in [6.45, 7) is 15.3. The first kappa shape index (κ1) is 17.9. The van der Waals surface area contributed by atoms with Crippen LogP contribution < -0.4 is 0 Å². The topological polar surface area (TPSA) is 36.9 Å². The lowest BCUT2D eigenvalue weighted by Crippen LogP contribution is -2.44. The lowest BCUT2D eigenvalue weighted by atomic mass is 9.92. The molecule has 0 atom stereocenters. The largest absolute Gasteiger partial charge is 0.345 e. The molecule has 2 aliphatic heterocycles. The van der Waals surface area contributed by atoms with Crippen LogP contribution in [0.15, 0.2) is 24.3 Å². The zero-order valence-corrected chi connectivity index (χ0v) is 15.8. The van der Waals surface area contributed by atoms with Gasteiger partial charge >= 0.3 is 0 Å². The van der Waals surface area contributed by atoms with Crippen molar-refractivity contribution in [2.45, 2.75) is 53.1 Å². The van der Waals surface area contributed by atoms with Crippen molar-refractivity contribution in [3.8, 4) is 0 Å². The fourth-order valence-corrected chi connectivity index (χ4v) is 2.91. The summed E-state index contributed by atoms with van der Waals surface area (Å²) in [5.41, 5.74) is 2.15. The summed E-state index contributed by atoms with van der Waals surface area (Å²) >= 11 is 0. The van der Waals surface area contributed by atoms with Crippen molar-refractivity contribution >= 4 is 0 Å². The average molecular weight is 334 g/mol. The van der Waals surface area contributed by atoms with Gasteiger partial charge in [-0.2, -0.15) is 0 Å². The quantitative estimate of drug-likeness (QED) is 0.813. The smallest absolute Gasteiger partial charge is 0.191 e. The second-order valence-electron chi connectivity index (χ2n) is 8.95. The third kappa shape index (κ3) is 3.52. The molecule has 0 unspecified atom stereocenters. The van der Waals surface area contributed by atoms with Gasteiger partial charge < -0.3 is 18.9 Å². The number of rotatable bonds is 2. The maximum atomic E-state index is 6.02. The Morgan fingerprint density at radius 1 is 0.542 bits per heavy atom. The molecule has 2 saturated heterocycles. The highest BCUT2D eigenvalue weighted by Crippen LogP contribution is 2.39. The van der Waals surface area contributed by atoms with Gasteiger partial charge in [-0.3, -0.25) is 0 Å². The van der Waals surface area contributed by atoms with E-state index in [1.54, 1.807) is 0 Å². The summed E-state index contributed by atoms with van der Waals surface area (Å²) in [4.78, 5) is 0. The molecule has 24 heavy (non-hydrogen) atoms. The number of hydrogen-bond donors (Lipinski definition) is 0. The molecule has 3 rings (SSSR count). The van der Waals surface area contributed by atoms with Gasteiger partial charge in [0.2, 0.25) is 0 Å². The summed E-state index contributed by atoms with van der Waals surface area (Å²) in [6.07, 6.45) is 0. The van der Waals surface area contributed by atoms with E-state index >= 15 is 0 Å². The van der Waals surface area contributed by atoms with Crippen molar-refractivity contribution in [3.63, 3.8) is 0 Å². The third-order valence-corrected chi connectivity index (χ3v) is 4.89. The predicted molar refractivity (Wildman–Crippen MR) is 92.5 cm³/mol. The predicted octanol–water partition coefficient (Wildman–Crippen LogP) is 4.18. The normalized spacial score (nSPS) is 27.6. The van der Waals surface area contributed by atoms with Crippen molar-refractivity contribution in [1.29, 1.82) is 0 Å². The second kappa shape index (κ2) is 5.80. The minimum Gasteiger partial charge on any atom is -0.345 e. The van der Waals surface area contributed by atoms with Gasteiger partial charge in [0.15, 0.2) is 11.6 Å². The first-order valence-corrected chi connectivity index (χ1v) is 8.71. The Hall–Kier alpha value is -0.940. The van der Waals surface area contributed by atoms with Crippen LogP contribution in [0.2, 0.25) is 0 Å². The molecule has 0 bridgehead atoms. The van der Waals surface area contributed by atoms with Crippen LogP contribution in [0.25, 0.3) is 0 Å². The van der Waals surface area contributed by atoms with Gasteiger partial charge in [-0.05, 0) is 13.8 Å². The second-order valence-corrected chi connectivity index (χ2v) is 8.95. The lowest BCUT2D eigenvalue weighted by molar-refractivity contribution is -0.299. The summed E-state index contributed by atoms with van der Waals surface area (Å²) in [5.74, 6) is -1.38. The van der Waals surface area contributed by atoms with E-state index in [2.05, 4.69) is 27.7 Å². The Morgan fingerprint density at radius 2 is 0.792 bits per heavy atom. The number of ether oxygens (including phenoxy) is 4. The van der Waals surface area contributed by atoms with Crippen LogP contribution in [0.1, 0.15) is 52.7 Å². The zero-order chi connectivity index (χ0) is 17.6. The van der Waals surface area contributed by atoms with Gasteiger partial charge in [0, 0.05) is 22.0 Å². The first-order valence-electron chi connectivity index (χ1n) is 8.71. The van der Waals surface area contributed by atoms with E-state index in [0.717, 1.165) is 11.1 Å². The van der Waals surface area contributed by atoms with Crippen molar-refractivity contribution in [2.24, 2.45) is 10.8 Å². The maximum Gasteiger partial charge on any atom is 0.191 e. The molecule has 2 aliphatic rings. The molecule has 0 N–H and O–H groups in total. The van der Waals surface area contributed by atoms with E-state index in [-0.39, 0.29) is 10.8 Å². The molecule has 0 radical (unpaired) electrons. The highest BCUT2D eigenvalue weighted by Gasteiger charge is 2.40. The van der Waals surface area contributed by atoms with Gasteiger partial charge in [0.05, 0.1) is 26.4 Å². The molecule has 2 fully saturated rings. The summed E-state index contributed by atoms with van der Waals surface area (Å²) in [7, 11) is 0. The van der Waals surface area contributed by atoms with E-state index in [1.807, 2.05) is 38.1 Å². The van der Waals surface area contributed by atoms with Gasteiger partial charge in [-0.1, -0.05) is 52.0 Å². The minimum absolute atomic E-state index is 0.0590. The molecular formula is C20H30O4. The molecule has 0 spiro atoms. The van der Waals surface area contributed by atoms with Crippen LogP contribution in [0.3, 0.4) is 0 Å². The Kier molecular flexibility index (Phi) is 4.32. The molecule has 0 saturated carbocycles. The Morgan fingerprint density at radius 3 is 1.04 bits per heavy atom. The SMILES string of the molecule is CC1(C)COC(C)(c2ccc(C3(C)OCC(C)(C)CO3)cc2)OC1. The molecular weight excluding hydrogens is 304 g/mol. The fourth-order valence-electron chi connectivity index (χ4n) is 2.91. The highest BCUT2D eigenvalue weighted by molar-refractivity contribution is 5.28. The molecule has 0 amide bonds. The van der Waals surface area contributed by atoms with Crippen LogP contribution in [0.5, 0.6) is 0 Å². The van der Waals surface area contributed by atoms with E-state index in [9.17, 15) is 0 Å². The maximum absolute atomic E-state index is 6.02. The van der Waals surface area contributed by atoms with E-state index < -0.39 is 11.6 Å². The van der Waals surface area contributed by atoms with Gasteiger partial charge in [-0.25, -0.2) is 0 Å². The van der Waals surface area contributed by atoms with Crippen molar-refractivity contribution < 1.29 is 18.9 Å². The van der Waals surface area contributed by atoms with Gasteiger partial charge in [-0.15, -0.1) is 0 Å². The molecule has 2 heterocycles. The van der Waals surface area contributed by atoms with Crippen molar-refractivity contribution in [1.82, 2.24) is 0 Å². The molecule has 4 nitrogen and oxygen atoms in total. The summed E-state index contributed by atoms with van der Waals surface area (Å²) in [6, 6.07) is 8.19. The first-order chi connectivity index (χ1) is 11.0.